The van der Waals surface area contributed by atoms with Crippen LogP contribution in [0.1, 0.15) is 12.8 Å². The monoisotopic (exact) mass is 100 g/mol. The molecule has 0 radical (unpaired) electrons. The molecule has 0 saturated carbocycles. The van der Waals surface area contributed by atoms with Crippen LogP contribution in [0.15, 0.2) is 0 Å². The summed E-state index contributed by atoms with van der Waals surface area (Å²) in [4.78, 5) is 9.73. The molecular formula is C5H8O2. The predicted octanol–water partition coefficient (Wildman–Crippen LogP) is 0.364. The zero-order chi connectivity index (χ0) is 5.11. The Morgan fingerprint density at radius 1 is 1.86 bits per heavy atom. The van der Waals surface area contributed by atoms with Crippen LogP contribution in [0.4, 0.5) is 0 Å². The number of hydrogen-bond acceptors (Lipinski definition) is 2. The summed E-state index contributed by atoms with van der Waals surface area (Å²) in [7, 11) is 0. The summed E-state index contributed by atoms with van der Waals surface area (Å²) in [5, 5.41) is 0. The van der Waals surface area contributed by atoms with Crippen LogP contribution in [0.5, 0.6) is 0 Å². The highest BCUT2D eigenvalue weighted by molar-refractivity contribution is 5.50. The Labute approximate surface area is 42.5 Å². The molecule has 2 nitrogen and oxygen atoms in total. The lowest BCUT2D eigenvalue weighted by Crippen LogP contribution is -2.26. The summed E-state index contributed by atoms with van der Waals surface area (Å²) >= 11 is 0. The highest BCUT2D eigenvalue weighted by Crippen LogP contribution is 2.12. The van der Waals surface area contributed by atoms with Gasteiger partial charge >= 0.3 is 0 Å². The Morgan fingerprint density at radius 3 is 2.71 bits per heavy atom. The van der Waals surface area contributed by atoms with Gasteiger partial charge in [0.25, 0.3) is 0 Å². The van der Waals surface area contributed by atoms with Crippen LogP contribution in [-0.2, 0) is 9.53 Å². The SMILES string of the molecule is O=CCC1CCO1. The van der Waals surface area contributed by atoms with Crippen molar-refractivity contribution < 1.29 is 9.53 Å². The van der Waals surface area contributed by atoms with Gasteiger partial charge in [-0.3, -0.25) is 0 Å². The van der Waals surface area contributed by atoms with Crippen LogP contribution in [0, 0.1) is 0 Å². The molecular weight excluding hydrogens is 92.1 g/mol. The normalized spacial score (nSPS) is 28.9. The first kappa shape index (κ1) is 4.78. The Morgan fingerprint density at radius 2 is 2.57 bits per heavy atom. The van der Waals surface area contributed by atoms with Crippen molar-refractivity contribution in [3.63, 3.8) is 0 Å². The molecule has 1 fully saturated rings. The van der Waals surface area contributed by atoms with Gasteiger partial charge in [0, 0.05) is 13.0 Å². The fourth-order valence-corrected chi connectivity index (χ4v) is 0.578. The summed E-state index contributed by atoms with van der Waals surface area (Å²) in [6.07, 6.45) is 2.82. The second kappa shape index (κ2) is 2.07. The van der Waals surface area contributed by atoms with Gasteiger partial charge in [0.15, 0.2) is 0 Å². The lowest BCUT2D eigenvalue weighted by atomic mass is 10.1. The van der Waals surface area contributed by atoms with E-state index in [1.807, 2.05) is 0 Å². The highest BCUT2D eigenvalue weighted by Gasteiger charge is 2.16. The smallest absolute Gasteiger partial charge is 0.122 e. The van der Waals surface area contributed by atoms with Gasteiger partial charge in [-0.15, -0.1) is 0 Å². The molecule has 40 valence electrons. The molecule has 0 aromatic carbocycles. The number of carbonyl (C=O) groups is 1. The summed E-state index contributed by atoms with van der Waals surface area (Å²) in [5.74, 6) is 0. The van der Waals surface area contributed by atoms with Gasteiger partial charge in [-0.2, -0.15) is 0 Å². The zero-order valence-electron chi connectivity index (χ0n) is 4.09. The Bertz CT molecular complexity index is 66.5. The maximum absolute atomic E-state index is 9.73. The van der Waals surface area contributed by atoms with Gasteiger partial charge in [-0.05, 0) is 6.42 Å². The van der Waals surface area contributed by atoms with Crippen LogP contribution in [0.3, 0.4) is 0 Å². The molecule has 7 heavy (non-hydrogen) atoms. The quantitative estimate of drug-likeness (QED) is 0.468. The van der Waals surface area contributed by atoms with Crippen molar-refractivity contribution >= 4 is 6.29 Å². The number of ether oxygens (including phenoxy) is 1. The number of hydrogen-bond donors (Lipinski definition) is 0. The van der Waals surface area contributed by atoms with Crippen LogP contribution < -0.4 is 0 Å². The topological polar surface area (TPSA) is 26.3 Å². The summed E-state index contributed by atoms with van der Waals surface area (Å²) < 4.78 is 4.94. The molecule has 1 aliphatic rings. The molecule has 0 bridgehead atoms. The average molecular weight is 100 g/mol. The molecule has 0 aliphatic carbocycles. The van der Waals surface area contributed by atoms with Crippen LogP contribution in [-0.4, -0.2) is 19.0 Å². The van der Waals surface area contributed by atoms with Crippen molar-refractivity contribution in [1.29, 1.82) is 0 Å². The minimum atomic E-state index is 0.262. The number of carbonyl (C=O) groups excluding carboxylic acids is 1. The molecule has 0 amide bonds. The Hall–Kier alpha value is -0.370. The number of rotatable bonds is 2. The van der Waals surface area contributed by atoms with Gasteiger partial charge in [0.2, 0.25) is 0 Å². The van der Waals surface area contributed by atoms with Crippen molar-refractivity contribution in [3.05, 3.63) is 0 Å². The zero-order valence-corrected chi connectivity index (χ0v) is 4.09. The van der Waals surface area contributed by atoms with E-state index in [4.69, 9.17) is 4.74 Å². The van der Waals surface area contributed by atoms with Gasteiger partial charge in [-0.25, -0.2) is 0 Å². The lowest BCUT2D eigenvalue weighted by Gasteiger charge is -2.23. The second-order valence-corrected chi connectivity index (χ2v) is 1.68. The second-order valence-electron chi connectivity index (χ2n) is 1.68. The fraction of sp³-hybridized carbons (Fsp3) is 0.800. The van der Waals surface area contributed by atoms with E-state index in [9.17, 15) is 4.79 Å². The van der Waals surface area contributed by atoms with Gasteiger partial charge < -0.3 is 9.53 Å². The van der Waals surface area contributed by atoms with Crippen molar-refractivity contribution in [3.8, 4) is 0 Å². The molecule has 1 saturated heterocycles. The van der Waals surface area contributed by atoms with Crippen LogP contribution in [0.25, 0.3) is 0 Å². The Balaban J connectivity index is 2.03. The van der Waals surface area contributed by atoms with Gasteiger partial charge in [-0.1, -0.05) is 0 Å². The fourth-order valence-electron chi connectivity index (χ4n) is 0.578. The van der Waals surface area contributed by atoms with Gasteiger partial charge in [0.05, 0.1) is 6.10 Å². The van der Waals surface area contributed by atoms with Crippen LogP contribution >= 0.6 is 0 Å². The Kier molecular flexibility index (Phi) is 1.42. The third kappa shape index (κ3) is 0.996. The van der Waals surface area contributed by atoms with E-state index in [1.165, 1.54) is 0 Å². The lowest BCUT2D eigenvalue weighted by molar-refractivity contribution is -0.115. The molecule has 0 spiro atoms. The molecule has 0 aromatic heterocycles. The molecule has 1 unspecified atom stereocenters. The van der Waals surface area contributed by atoms with Gasteiger partial charge in [0.1, 0.15) is 6.29 Å². The summed E-state index contributed by atoms with van der Waals surface area (Å²) in [6, 6.07) is 0. The van der Waals surface area contributed by atoms with Crippen LogP contribution in [0.2, 0.25) is 0 Å². The molecule has 0 N–H and O–H groups in total. The standard InChI is InChI=1S/C5H8O2/c6-3-1-5-2-4-7-5/h3,5H,1-2,4H2. The molecule has 1 atom stereocenters. The molecule has 2 heteroatoms. The maximum atomic E-state index is 9.73. The summed E-state index contributed by atoms with van der Waals surface area (Å²) in [5.41, 5.74) is 0. The maximum Gasteiger partial charge on any atom is 0.122 e. The predicted molar refractivity (Wildman–Crippen MR) is 25.0 cm³/mol. The summed E-state index contributed by atoms with van der Waals surface area (Å²) in [6.45, 7) is 0.846. The van der Waals surface area contributed by atoms with Crippen molar-refractivity contribution in [2.75, 3.05) is 6.61 Å². The molecule has 1 aliphatic heterocycles. The third-order valence-corrected chi connectivity index (χ3v) is 1.15. The first-order valence-electron chi connectivity index (χ1n) is 2.48. The van der Waals surface area contributed by atoms with E-state index in [-0.39, 0.29) is 6.10 Å². The average Bonchev–Trinajstić information content (AvgIpc) is 1.55. The molecule has 1 rings (SSSR count). The minimum Gasteiger partial charge on any atom is -0.378 e. The third-order valence-electron chi connectivity index (χ3n) is 1.15. The minimum absolute atomic E-state index is 0.262. The van der Waals surface area contributed by atoms with E-state index in [0.29, 0.717) is 6.42 Å². The number of aldehydes is 1. The first-order valence-corrected chi connectivity index (χ1v) is 2.48. The molecule has 0 aromatic rings. The first-order chi connectivity index (χ1) is 3.43. The van der Waals surface area contributed by atoms with Crippen molar-refractivity contribution in [2.24, 2.45) is 0 Å². The van der Waals surface area contributed by atoms with E-state index in [0.717, 1.165) is 19.3 Å². The van der Waals surface area contributed by atoms with E-state index in [1.54, 1.807) is 0 Å². The van der Waals surface area contributed by atoms with E-state index in [2.05, 4.69) is 0 Å². The van der Waals surface area contributed by atoms with Crippen molar-refractivity contribution in [1.82, 2.24) is 0 Å². The van der Waals surface area contributed by atoms with E-state index < -0.39 is 0 Å². The largest absolute Gasteiger partial charge is 0.378 e. The molecule has 1 heterocycles. The van der Waals surface area contributed by atoms with E-state index >= 15 is 0 Å². The highest BCUT2D eigenvalue weighted by atomic mass is 16.5. The van der Waals surface area contributed by atoms with Crippen molar-refractivity contribution in [2.45, 2.75) is 18.9 Å².